The van der Waals surface area contributed by atoms with E-state index in [2.05, 4.69) is 117 Å². The quantitative estimate of drug-likeness (QED) is 0.428. The summed E-state index contributed by atoms with van der Waals surface area (Å²) in [6, 6.07) is 8.80. The molecule has 1 aliphatic rings. The van der Waals surface area contributed by atoms with Gasteiger partial charge in [0.1, 0.15) is 11.5 Å². The third-order valence-electron chi connectivity index (χ3n) is 7.86. The van der Waals surface area contributed by atoms with Gasteiger partial charge in [0, 0.05) is 37.3 Å². The number of phenolic OH excluding ortho intramolecular Hbond substituents is 2. The van der Waals surface area contributed by atoms with Crippen molar-refractivity contribution in [2.45, 2.75) is 124 Å². The van der Waals surface area contributed by atoms with Gasteiger partial charge in [0.2, 0.25) is 0 Å². The molecule has 1 saturated heterocycles. The van der Waals surface area contributed by atoms with Crippen LogP contribution in [-0.4, -0.2) is 39.8 Å². The van der Waals surface area contributed by atoms with Crippen molar-refractivity contribution in [2.75, 3.05) is 19.8 Å². The minimum atomic E-state index is -0.131. The zero-order chi connectivity index (χ0) is 28.8. The van der Waals surface area contributed by atoms with Gasteiger partial charge in [-0.3, -0.25) is 9.80 Å². The Bertz CT molecular complexity index is 1050. The predicted octanol–water partition coefficient (Wildman–Crippen LogP) is 7.95. The summed E-state index contributed by atoms with van der Waals surface area (Å²) in [5, 5.41) is 22.6. The molecule has 212 valence electrons. The van der Waals surface area contributed by atoms with E-state index in [0.717, 1.165) is 61.5 Å². The Morgan fingerprint density at radius 2 is 0.895 bits per heavy atom. The molecule has 1 heterocycles. The largest absolute Gasteiger partial charge is 0.507 e. The van der Waals surface area contributed by atoms with Crippen LogP contribution in [0.4, 0.5) is 0 Å². The maximum absolute atomic E-state index is 11.3. The Kier molecular flexibility index (Phi) is 8.43. The van der Waals surface area contributed by atoms with Crippen molar-refractivity contribution in [3.63, 3.8) is 0 Å². The van der Waals surface area contributed by atoms with Crippen LogP contribution in [0.1, 0.15) is 123 Å². The van der Waals surface area contributed by atoms with E-state index in [4.69, 9.17) is 0 Å². The van der Waals surface area contributed by atoms with Gasteiger partial charge in [-0.15, -0.1) is 0 Å². The first-order valence-electron chi connectivity index (χ1n) is 14.4. The van der Waals surface area contributed by atoms with Crippen molar-refractivity contribution in [1.29, 1.82) is 0 Å². The fourth-order valence-electron chi connectivity index (χ4n) is 5.32. The van der Waals surface area contributed by atoms with Crippen LogP contribution in [0.3, 0.4) is 0 Å². The van der Waals surface area contributed by atoms with Crippen LogP contribution in [0.5, 0.6) is 11.5 Å². The highest BCUT2D eigenvalue weighted by Crippen LogP contribution is 2.40. The van der Waals surface area contributed by atoms with Crippen LogP contribution < -0.4 is 0 Å². The fraction of sp³-hybridized carbons (Fsp3) is 0.647. The first-order valence-corrected chi connectivity index (χ1v) is 14.4. The minimum absolute atomic E-state index is 0.0107. The third-order valence-corrected chi connectivity index (χ3v) is 7.86. The van der Waals surface area contributed by atoms with Gasteiger partial charge in [-0.1, -0.05) is 107 Å². The minimum Gasteiger partial charge on any atom is -0.507 e. The molecule has 0 saturated carbocycles. The first-order chi connectivity index (χ1) is 17.2. The normalized spacial score (nSPS) is 16.7. The van der Waals surface area contributed by atoms with E-state index >= 15 is 0 Å². The van der Waals surface area contributed by atoms with E-state index in [-0.39, 0.29) is 21.7 Å². The molecule has 0 aromatic heterocycles. The lowest BCUT2D eigenvalue weighted by atomic mass is 9.79. The van der Waals surface area contributed by atoms with E-state index in [9.17, 15) is 10.2 Å². The Labute approximate surface area is 233 Å². The lowest BCUT2D eigenvalue weighted by molar-refractivity contribution is 0.0733. The number of hydrogen-bond acceptors (Lipinski definition) is 4. The zero-order valence-corrected chi connectivity index (χ0v) is 26.3. The average molecular weight is 523 g/mol. The molecule has 0 radical (unpaired) electrons. The third kappa shape index (κ3) is 7.12. The molecule has 0 unspecified atom stereocenters. The zero-order valence-electron chi connectivity index (χ0n) is 26.3. The summed E-state index contributed by atoms with van der Waals surface area (Å²) in [5.41, 5.74) is 6.36. The molecule has 4 nitrogen and oxygen atoms in total. The molecule has 0 bridgehead atoms. The van der Waals surface area contributed by atoms with Crippen LogP contribution in [0.15, 0.2) is 24.3 Å². The summed E-state index contributed by atoms with van der Waals surface area (Å²) in [6.45, 7) is 30.7. The van der Waals surface area contributed by atoms with E-state index in [1.165, 1.54) is 11.1 Å². The summed E-state index contributed by atoms with van der Waals surface area (Å²) in [4.78, 5) is 4.87. The fourth-order valence-corrected chi connectivity index (χ4v) is 5.32. The highest BCUT2D eigenvalue weighted by molar-refractivity contribution is 5.50. The van der Waals surface area contributed by atoms with Crippen molar-refractivity contribution >= 4 is 0 Å². The van der Waals surface area contributed by atoms with Crippen molar-refractivity contribution in [3.8, 4) is 11.5 Å². The highest BCUT2D eigenvalue weighted by Gasteiger charge is 2.29. The van der Waals surface area contributed by atoms with Crippen LogP contribution in [0.25, 0.3) is 0 Å². The highest BCUT2D eigenvalue weighted by atomic mass is 16.3. The van der Waals surface area contributed by atoms with Crippen molar-refractivity contribution in [2.24, 2.45) is 0 Å². The van der Waals surface area contributed by atoms with Crippen LogP contribution in [0.2, 0.25) is 0 Å². The van der Waals surface area contributed by atoms with E-state index in [1.807, 2.05) is 0 Å². The molecule has 0 aliphatic carbocycles. The molecule has 0 spiro atoms. The van der Waals surface area contributed by atoms with Gasteiger partial charge < -0.3 is 10.2 Å². The Balaban J connectivity index is 1.90. The molecule has 38 heavy (non-hydrogen) atoms. The predicted molar refractivity (Wildman–Crippen MR) is 161 cm³/mol. The van der Waals surface area contributed by atoms with Crippen LogP contribution >= 0.6 is 0 Å². The van der Waals surface area contributed by atoms with Gasteiger partial charge in [-0.25, -0.2) is 0 Å². The first kappa shape index (κ1) is 30.5. The second-order valence-electron chi connectivity index (χ2n) is 15.7. The maximum atomic E-state index is 11.3. The molecule has 2 N–H and O–H groups in total. The summed E-state index contributed by atoms with van der Waals surface area (Å²) in [7, 11) is 0. The molecule has 2 aromatic rings. The molecule has 4 heteroatoms. The maximum Gasteiger partial charge on any atom is 0.123 e. The SMILES string of the molecule is CC(C)(C)c1cc(CN2CCCN(Cc3cc(C(C)(C)C)cc(C(C)(C)C)c3O)C2)c(O)c(C(C)(C)C)c1. The topological polar surface area (TPSA) is 46.9 Å². The van der Waals surface area contributed by atoms with E-state index < -0.39 is 0 Å². The molecular formula is C34H54N2O2. The molecule has 0 amide bonds. The molecule has 1 fully saturated rings. The summed E-state index contributed by atoms with van der Waals surface area (Å²) in [5.74, 6) is 0.876. The average Bonchev–Trinajstić information content (AvgIpc) is 2.73. The van der Waals surface area contributed by atoms with Crippen molar-refractivity contribution < 1.29 is 10.2 Å². The van der Waals surface area contributed by atoms with Crippen molar-refractivity contribution in [3.05, 3.63) is 57.6 Å². The Hall–Kier alpha value is -2.04. The number of aromatic hydroxyl groups is 2. The summed E-state index contributed by atoms with van der Waals surface area (Å²) >= 11 is 0. The number of nitrogens with zero attached hydrogens (tertiary/aromatic N) is 2. The summed E-state index contributed by atoms with van der Waals surface area (Å²) in [6.07, 6.45) is 1.07. The smallest absolute Gasteiger partial charge is 0.123 e. The second kappa shape index (κ2) is 10.5. The standard InChI is InChI=1S/C34H54N2O2/c1-31(2,3)25-16-23(29(37)27(18-25)33(7,8)9)20-35-14-13-15-36(22-35)21-24-17-26(32(4,5)6)19-28(30(24)38)34(10,11)12/h16-19,37-38H,13-15,20-22H2,1-12H3. The Morgan fingerprint density at radius 3 is 1.18 bits per heavy atom. The number of phenols is 2. The molecule has 3 rings (SSSR count). The second-order valence-corrected chi connectivity index (χ2v) is 15.7. The van der Waals surface area contributed by atoms with Gasteiger partial charge in [0.25, 0.3) is 0 Å². The molecule has 2 aromatic carbocycles. The van der Waals surface area contributed by atoms with E-state index in [0.29, 0.717) is 11.5 Å². The van der Waals surface area contributed by atoms with E-state index in [1.54, 1.807) is 0 Å². The van der Waals surface area contributed by atoms with Crippen LogP contribution in [0, 0.1) is 0 Å². The summed E-state index contributed by atoms with van der Waals surface area (Å²) < 4.78 is 0. The van der Waals surface area contributed by atoms with Gasteiger partial charge in [0.15, 0.2) is 0 Å². The monoisotopic (exact) mass is 522 g/mol. The van der Waals surface area contributed by atoms with Gasteiger partial charge in [-0.05, 0) is 50.3 Å². The molecular weight excluding hydrogens is 468 g/mol. The van der Waals surface area contributed by atoms with Crippen LogP contribution in [-0.2, 0) is 34.7 Å². The molecule has 1 aliphatic heterocycles. The number of rotatable bonds is 4. The lowest BCUT2D eigenvalue weighted by Gasteiger charge is -2.37. The number of hydrogen-bond donors (Lipinski definition) is 2. The number of benzene rings is 2. The molecule has 0 atom stereocenters. The van der Waals surface area contributed by atoms with Gasteiger partial charge in [-0.2, -0.15) is 0 Å². The van der Waals surface area contributed by atoms with Gasteiger partial charge in [0.05, 0.1) is 6.67 Å². The van der Waals surface area contributed by atoms with Gasteiger partial charge >= 0.3 is 0 Å². The lowest BCUT2D eigenvalue weighted by Crippen LogP contribution is -2.44. The van der Waals surface area contributed by atoms with Crippen molar-refractivity contribution in [1.82, 2.24) is 9.80 Å². The Morgan fingerprint density at radius 1 is 0.553 bits per heavy atom.